The summed E-state index contributed by atoms with van der Waals surface area (Å²) in [6, 6.07) is 9.52. The molecule has 1 heterocycles. The van der Waals surface area contributed by atoms with Crippen LogP contribution in [0, 0.1) is 0 Å². The molecule has 1 aromatic carbocycles. The SMILES string of the molecule is O=C(OCc1cc(-c2cccc(Br)c2)no1)C1=CC=CC1. The number of halogens is 1. The van der Waals surface area contributed by atoms with Crippen LogP contribution in [0.25, 0.3) is 11.3 Å². The molecule has 0 bridgehead atoms. The van der Waals surface area contributed by atoms with Crippen LogP contribution in [-0.2, 0) is 16.1 Å². The molecule has 0 radical (unpaired) electrons. The van der Waals surface area contributed by atoms with E-state index < -0.39 is 0 Å². The van der Waals surface area contributed by atoms with Crippen molar-refractivity contribution in [3.8, 4) is 11.3 Å². The van der Waals surface area contributed by atoms with E-state index in [0.29, 0.717) is 23.4 Å². The lowest BCUT2D eigenvalue weighted by molar-refractivity contribution is -0.140. The van der Waals surface area contributed by atoms with E-state index in [4.69, 9.17) is 9.26 Å². The van der Waals surface area contributed by atoms with Crippen molar-refractivity contribution in [3.63, 3.8) is 0 Å². The number of nitrogens with zero attached hydrogens (tertiary/aromatic N) is 1. The number of rotatable bonds is 4. The molecule has 5 heteroatoms. The molecule has 1 aliphatic carbocycles. The Labute approximate surface area is 130 Å². The second kappa shape index (κ2) is 6.10. The van der Waals surface area contributed by atoms with Crippen LogP contribution in [0.3, 0.4) is 0 Å². The summed E-state index contributed by atoms with van der Waals surface area (Å²) in [6.07, 6.45) is 6.14. The van der Waals surface area contributed by atoms with Gasteiger partial charge < -0.3 is 9.26 Å². The van der Waals surface area contributed by atoms with Crippen molar-refractivity contribution in [2.24, 2.45) is 0 Å². The molecule has 0 aliphatic heterocycles. The second-order valence-electron chi connectivity index (χ2n) is 4.59. The molecule has 0 unspecified atom stereocenters. The number of hydrogen-bond acceptors (Lipinski definition) is 4. The molecule has 1 aliphatic rings. The lowest BCUT2D eigenvalue weighted by Gasteiger charge is -2.01. The van der Waals surface area contributed by atoms with E-state index in [0.717, 1.165) is 10.0 Å². The van der Waals surface area contributed by atoms with Crippen LogP contribution in [0.15, 0.2) is 63.1 Å². The summed E-state index contributed by atoms with van der Waals surface area (Å²) in [5.74, 6) is 0.199. The minimum Gasteiger partial charge on any atom is -0.454 e. The third-order valence-corrected chi connectivity index (χ3v) is 3.55. The van der Waals surface area contributed by atoms with Crippen LogP contribution in [0.2, 0.25) is 0 Å². The van der Waals surface area contributed by atoms with Gasteiger partial charge in [0.1, 0.15) is 5.69 Å². The van der Waals surface area contributed by atoms with Crippen molar-refractivity contribution >= 4 is 21.9 Å². The molecular weight excluding hydrogens is 334 g/mol. The zero-order chi connectivity index (χ0) is 14.7. The molecule has 0 fully saturated rings. The molecule has 0 spiro atoms. The van der Waals surface area contributed by atoms with Gasteiger partial charge in [-0.2, -0.15) is 0 Å². The monoisotopic (exact) mass is 345 g/mol. The average molecular weight is 346 g/mol. The summed E-state index contributed by atoms with van der Waals surface area (Å²) < 4.78 is 11.4. The molecule has 21 heavy (non-hydrogen) atoms. The largest absolute Gasteiger partial charge is 0.454 e. The van der Waals surface area contributed by atoms with Crippen LogP contribution in [-0.4, -0.2) is 11.1 Å². The van der Waals surface area contributed by atoms with Crippen molar-refractivity contribution < 1.29 is 14.1 Å². The van der Waals surface area contributed by atoms with Crippen LogP contribution < -0.4 is 0 Å². The van der Waals surface area contributed by atoms with Crippen molar-refractivity contribution in [3.05, 3.63) is 64.4 Å². The Kier molecular flexibility index (Phi) is 4.01. The van der Waals surface area contributed by atoms with E-state index in [2.05, 4.69) is 21.1 Å². The Hall–Kier alpha value is -2.14. The van der Waals surface area contributed by atoms with E-state index in [1.807, 2.05) is 36.4 Å². The smallest absolute Gasteiger partial charge is 0.334 e. The number of benzene rings is 1. The maximum Gasteiger partial charge on any atom is 0.334 e. The zero-order valence-electron chi connectivity index (χ0n) is 11.1. The highest BCUT2D eigenvalue weighted by Crippen LogP contribution is 2.23. The Bertz CT molecular complexity index is 731. The van der Waals surface area contributed by atoms with Gasteiger partial charge in [0, 0.05) is 21.7 Å². The van der Waals surface area contributed by atoms with Gasteiger partial charge in [0.2, 0.25) is 0 Å². The summed E-state index contributed by atoms with van der Waals surface area (Å²) in [6.45, 7) is 0.0805. The van der Waals surface area contributed by atoms with E-state index in [1.54, 1.807) is 12.1 Å². The van der Waals surface area contributed by atoms with Gasteiger partial charge in [0.15, 0.2) is 12.4 Å². The summed E-state index contributed by atoms with van der Waals surface area (Å²) in [5, 5.41) is 3.99. The Balaban J connectivity index is 1.64. The van der Waals surface area contributed by atoms with Crippen LogP contribution in [0.5, 0.6) is 0 Å². The van der Waals surface area contributed by atoms with Crippen molar-refractivity contribution in [2.75, 3.05) is 0 Å². The van der Waals surface area contributed by atoms with E-state index in [1.165, 1.54) is 0 Å². The topological polar surface area (TPSA) is 52.3 Å². The minimum atomic E-state index is -0.319. The predicted molar refractivity (Wildman–Crippen MR) is 81.3 cm³/mol. The highest BCUT2D eigenvalue weighted by molar-refractivity contribution is 9.10. The number of carbonyl (C=O) groups is 1. The summed E-state index contributed by atoms with van der Waals surface area (Å²) >= 11 is 3.41. The molecule has 1 aromatic heterocycles. The Morgan fingerprint density at radius 1 is 1.38 bits per heavy atom. The lowest BCUT2D eigenvalue weighted by atomic mass is 10.1. The van der Waals surface area contributed by atoms with Gasteiger partial charge in [-0.25, -0.2) is 4.79 Å². The fraction of sp³-hybridized carbons (Fsp3) is 0.125. The fourth-order valence-electron chi connectivity index (χ4n) is 1.99. The Morgan fingerprint density at radius 3 is 3.05 bits per heavy atom. The molecular formula is C16H12BrNO3. The quantitative estimate of drug-likeness (QED) is 0.785. The van der Waals surface area contributed by atoms with Crippen molar-refractivity contribution in [1.29, 1.82) is 0 Å². The highest BCUT2D eigenvalue weighted by atomic mass is 79.9. The molecule has 3 rings (SSSR count). The molecule has 4 nitrogen and oxygen atoms in total. The number of allylic oxidation sites excluding steroid dienone is 3. The number of ether oxygens (including phenoxy) is 1. The maximum atomic E-state index is 11.7. The number of esters is 1. The van der Waals surface area contributed by atoms with Gasteiger partial charge in [0.25, 0.3) is 0 Å². The third kappa shape index (κ3) is 3.31. The van der Waals surface area contributed by atoms with Crippen LogP contribution in [0.1, 0.15) is 12.2 Å². The van der Waals surface area contributed by atoms with Gasteiger partial charge in [0.05, 0.1) is 0 Å². The molecule has 0 N–H and O–H groups in total. The van der Waals surface area contributed by atoms with Crippen molar-refractivity contribution in [1.82, 2.24) is 5.16 Å². The van der Waals surface area contributed by atoms with E-state index in [9.17, 15) is 4.79 Å². The first-order valence-corrected chi connectivity index (χ1v) is 7.26. The molecule has 0 saturated heterocycles. The second-order valence-corrected chi connectivity index (χ2v) is 5.50. The van der Waals surface area contributed by atoms with Gasteiger partial charge in [-0.3, -0.25) is 0 Å². The summed E-state index contributed by atoms with van der Waals surface area (Å²) in [5.41, 5.74) is 2.30. The molecule has 0 atom stereocenters. The summed E-state index contributed by atoms with van der Waals surface area (Å²) in [7, 11) is 0. The third-order valence-electron chi connectivity index (χ3n) is 3.06. The molecule has 0 saturated carbocycles. The van der Waals surface area contributed by atoms with E-state index >= 15 is 0 Å². The van der Waals surface area contributed by atoms with Crippen LogP contribution in [0.4, 0.5) is 0 Å². The first kappa shape index (κ1) is 13.8. The number of hydrogen-bond donors (Lipinski definition) is 0. The molecule has 2 aromatic rings. The van der Waals surface area contributed by atoms with Gasteiger partial charge >= 0.3 is 5.97 Å². The van der Waals surface area contributed by atoms with Gasteiger partial charge in [-0.15, -0.1) is 0 Å². The first-order chi connectivity index (χ1) is 10.2. The van der Waals surface area contributed by atoms with Crippen LogP contribution >= 0.6 is 15.9 Å². The lowest BCUT2D eigenvalue weighted by Crippen LogP contribution is -2.06. The zero-order valence-corrected chi connectivity index (χ0v) is 12.7. The maximum absolute atomic E-state index is 11.7. The Morgan fingerprint density at radius 2 is 2.29 bits per heavy atom. The fourth-order valence-corrected chi connectivity index (χ4v) is 2.39. The average Bonchev–Trinajstić information content (AvgIpc) is 3.16. The number of carbonyl (C=O) groups excluding carboxylic acids is 1. The van der Waals surface area contributed by atoms with Gasteiger partial charge in [-0.05, 0) is 18.6 Å². The predicted octanol–water partition coefficient (Wildman–Crippen LogP) is 4.03. The normalized spacial score (nSPS) is 13.3. The first-order valence-electron chi connectivity index (χ1n) is 6.47. The molecule has 106 valence electrons. The minimum absolute atomic E-state index is 0.0805. The number of aromatic nitrogens is 1. The van der Waals surface area contributed by atoms with Crippen molar-refractivity contribution in [2.45, 2.75) is 13.0 Å². The van der Waals surface area contributed by atoms with Gasteiger partial charge in [-0.1, -0.05) is 51.4 Å². The highest BCUT2D eigenvalue weighted by Gasteiger charge is 2.14. The standard InChI is InChI=1S/C16H12BrNO3/c17-13-7-3-6-12(8-13)15-9-14(21-18-15)10-20-16(19)11-4-1-2-5-11/h1-4,6-9H,5,10H2. The summed E-state index contributed by atoms with van der Waals surface area (Å²) in [4.78, 5) is 11.7. The van der Waals surface area contributed by atoms with E-state index in [-0.39, 0.29) is 12.6 Å². The molecule has 0 amide bonds.